The number of aryl methyl sites for hydroxylation is 2. The molecule has 1 aromatic heterocycles. The van der Waals surface area contributed by atoms with E-state index >= 15 is 0 Å². The molecule has 1 saturated heterocycles. The number of carbonyl (C=O) groups excluding carboxylic acids is 2. The number of amides is 2. The predicted molar refractivity (Wildman–Crippen MR) is 127 cm³/mol. The van der Waals surface area contributed by atoms with Crippen LogP contribution in [0.4, 0.5) is 0 Å². The lowest BCUT2D eigenvalue weighted by atomic mass is 9.84. The standard InChI is InChI=1S/C25H35N3O2S/c1-16(2)10-13-26-23(29)18(4)20-11-14-28(15-12-20)25(30)22-19(5)27-24(31-22)21-8-6-17(3)7-9-21/h6-9,16,18,20H,10-15H2,1-5H3,(H,26,29). The molecule has 1 aliphatic heterocycles. The number of benzene rings is 1. The van der Waals surface area contributed by atoms with E-state index < -0.39 is 0 Å². The first-order valence-corrected chi connectivity index (χ1v) is 12.2. The van der Waals surface area contributed by atoms with Gasteiger partial charge in [-0.1, -0.05) is 50.6 Å². The lowest BCUT2D eigenvalue weighted by Gasteiger charge is -2.34. The Balaban J connectivity index is 1.57. The second-order valence-corrected chi connectivity index (χ2v) is 10.2. The molecule has 2 aromatic rings. The maximum Gasteiger partial charge on any atom is 0.265 e. The van der Waals surface area contributed by atoms with Gasteiger partial charge in [-0.25, -0.2) is 4.98 Å². The third kappa shape index (κ3) is 5.94. The fourth-order valence-electron chi connectivity index (χ4n) is 4.02. The summed E-state index contributed by atoms with van der Waals surface area (Å²) >= 11 is 1.48. The van der Waals surface area contributed by atoms with E-state index in [4.69, 9.17) is 0 Å². The lowest BCUT2D eigenvalue weighted by molar-refractivity contribution is -0.126. The van der Waals surface area contributed by atoms with E-state index in [1.165, 1.54) is 16.9 Å². The van der Waals surface area contributed by atoms with Gasteiger partial charge in [0.15, 0.2) is 0 Å². The van der Waals surface area contributed by atoms with Crippen LogP contribution >= 0.6 is 11.3 Å². The molecule has 1 fully saturated rings. The number of rotatable bonds is 7. The zero-order chi connectivity index (χ0) is 22.5. The Bertz CT molecular complexity index is 896. The lowest BCUT2D eigenvalue weighted by Crippen LogP contribution is -2.42. The summed E-state index contributed by atoms with van der Waals surface area (Å²) in [6.07, 6.45) is 2.74. The molecule has 2 heterocycles. The summed E-state index contributed by atoms with van der Waals surface area (Å²) in [5.41, 5.74) is 3.05. The first-order valence-electron chi connectivity index (χ1n) is 11.4. The number of nitrogens with one attached hydrogen (secondary N) is 1. The van der Waals surface area contributed by atoms with Crippen LogP contribution in [0.15, 0.2) is 24.3 Å². The van der Waals surface area contributed by atoms with Gasteiger partial charge in [0.25, 0.3) is 5.91 Å². The number of likely N-dealkylation sites (tertiary alicyclic amines) is 1. The molecule has 1 aliphatic rings. The minimum atomic E-state index is -0.0114. The quantitative estimate of drug-likeness (QED) is 0.652. The Kier molecular flexibility index (Phi) is 7.87. The van der Waals surface area contributed by atoms with Gasteiger partial charge >= 0.3 is 0 Å². The number of nitrogens with zero attached hydrogens (tertiary/aromatic N) is 2. The average Bonchev–Trinajstić information content (AvgIpc) is 3.14. The van der Waals surface area contributed by atoms with Crippen LogP contribution < -0.4 is 5.32 Å². The normalized spacial score (nSPS) is 15.9. The molecule has 1 unspecified atom stereocenters. The Morgan fingerprint density at radius 2 is 1.77 bits per heavy atom. The van der Waals surface area contributed by atoms with Crippen molar-refractivity contribution >= 4 is 23.2 Å². The van der Waals surface area contributed by atoms with Gasteiger partial charge in [-0.15, -0.1) is 11.3 Å². The highest BCUT2D eigenvalue weighted by atomic mass is 32.1. The van der Waals surface area contributed by atoms with Crippen molar-refractivity contribution in [2.45, 2.75) is 53.9 Å². The van der Waals surface area contributed by atoms with E-state index in [9.17, 15) is 9.59 Å². The molecular weight excluding hydrogens is 406 g/mol. The summed E-state index contributed by atoms with van der Waals surface area (Å²) in [6.45, 7) is 12.5. The van der Waals surface area contributed by atoms with Gasteiger partial charge in [0, 0.05) is 31.1 Å². The third-order valence-electron chi connectivity index (χ3n) is 6.26. The fraction of sp³-hybridized carbons (Fsp3) is 0.560. The summed E-state index contributed by atoms with van der Waals surface area (Å²) in [7, 11) is 0. The molecular formula is C25H35N3O2S. The summed E-state index contributed by atoms with van der Waals surface area (Å²) in [5, 5.41) is 3.97. The highest BCUT2D eigenvalue weighted by Gasteiger charge is 2.31. The van der Waals surface area contributed by atoms with E-state index in [2.05, 4.69) is 55.3 Å². The number of hydrogen-bond donors (Lipinski definition) is 1. The van der Waals surface area contributed by atoms with Gasteiger partial charge in [0.2, 0.25) is 5.91 Å². The van der Waals surface area contributed by atoms with Crippen LogP contribution in [0.1, 0.15) is 61.0 Å². The summed E-state index contributed by atoms with van der Waals surface area (Å²) in [4.78, 5) is 32.9. The smallest absolute Gasteiger partial charge is 0.265 e. The van der Waals surface area contributed by atoms with Crippen molar-refractivity contribution in [3.05, 3.63) is 40.4 Å². The highest BCUT2D eigenvalue weighted by Crippen LogP contribution is 2.31. The van der Waals surface area contributed by atoms with Gasteiger partial charge in [-0.2, -0.15) is 0 Å². The second-order valence-electron chi connectivity index (χ2n) is 9.19. The van der Waals surface area contributed by atoms with Crippen LogP contribution in [0.3, 0.4) is 0 Å². The van der Waals surface area contributed by atoms with Crippen molar-refractivity contribution in [1.82, 2.24) is 15.2 Å². The summed E-state index contributed by atoms with van der Waals surface area (Å²) < 4.78 is 0. The van der Waals surface area contributed by atoms with Crippen molar-refractivity contribution in [3.63, 3.8) is 0 Å². The summed E-state index contributed by atoms with van der Waals surface area (Å²) in [5.74, 6) is 1.12. The minimum absolute atomic E-state index is 0.0114. The first kappa shape index (κ1) is 23.5. The molecule has 0 aliphatic carbocycles. The second kappa shape index (κ2) is 10.4. The van der Waals surface area contributed by atoms with E-state index in [0.717, 1.165) is 46.9 Å². The molecule has 1 aromatic carbocycles. The minimum Gasteiger partial charge on any atom is -0.356 e. The van der Waals surface area contributed by atoms with Crippen molar-refractivity contribution in [1.29, 1.82) is 0 Å². The van der Waals surface area contributed by atoms with Crippen LogP contribution in [-0.2, 0) is 4.79 Å². The van der Waals surface area contributed by atoms with Crippen molar-refractivity contribution < 1.29 is 9.59 Å². The molecule has 168 valence electrons. The van der Waals surface area contributed by atoms with Gasteiger partial charge in [-0.05, 0) is 44.9 Å². The fourth-order valence-corrected chi connectivity index (χ4v) is 5.06. The van der Waals surface area contributed by atoms with Crippen LogP contribution in [0.25, 0.3) is 10.6 Å². The number of hydrogen-bond acceptors (Lipinski definition) is 4. The van der Waals surface area contributed by atoms with E-state index in [0.29, 0.717) is 24.9 Å². The number of aromatic nitrogens is 1. The van der Waals surface area contributed by atoms with Crippen molar-refractivity contribution in [2.75, 3.05) is 19.6 Å². The zero-order valence-corrected chi connectivity index (χ0v) is 20.2. The largest absolute Gasteiger partial charge is 0.356 e. The molecule has 1 atom stereocenters. The zero-order valence-electron chi connectivity index (χ0n) is 19.4. The predicted octanol–water partition coefficient (Wildman–Crippen LogP) is 5.08. The first-order chi connectivity index (χ1) is 14.8. The molecule has 31 heavy (non-hydrogen) atoms. The van der Waals surface area contributed by atoms with E-state index in [1.54, 1.807) is 0 Å². The molecule has 2 amide bonds. The van der Waals surface area contributed by atoms with Gasteiger partial charge in [0.1, 0.15) is 9.88 Å². The molecule has 0 bridgehead atoms. The van der Waals surface area contributed by atoms with Crippen LogP contribution in [0.2, 0.25) is 0 Å². The van der Waals surface area contributed by atoms with Crippen molar-refractivity contribution in [3.8, 4) is 10.6 Å². The van der Waals surface area contributed by atoms with Crippen LogP contribution in [0.5, 0.6) is 0 Å². The van der Waals surface area contributed by atoms with Crippen LogP contribution in [-0.4, -0.2) is 41.3 Å². The third-order valence-corrected chi connectivity index (χ3v) is 7.45. The summed E-state index contributed by atoms with van der Waals surface area (Å²) in [6, 6.07) is 8.25. The highest BCUT2D eigenvalue weighted by molar-refractivity contribution is 7.17. The monoisotopic (exact) mass is 441 g/mol. The van der Waals surface area contributed by atoms with E-state index in [1.807, 2.05) is 18.7 Å². The van der Waals surface area contributed by atoms with Crippen molar-refractivity contribution in [2.24, 2.45) is 17.8 Å². The van der Waals surface area contributed by atoms with Crippen LogP contribution in [0, 0.1) is 31.6 Å². The maximum atomic E-state index is 13.2. The maximum absolute atomic E-state index is 13.2. The Morgan fingerprint density at radius 1 is 1.13 bits per heavy atom. The SMILES string of the molecule is Cc1ccc(-c2nc(C)c(C(=O)N3CCC(C(C)C(=O)NCCC(C)C)CC3)s2)cc1. The number of thiazole rings is 1. The molecule has 0 saturated carbocycles. The molecule has 0 radical (unpaired) electrons. The Morgan fingerprint density at radius 3 is 2.39 bits per heavy atom. The number of carbonyl (C=O) groups is 2. The van der Waals surface area contributed by atoms with Gasteiger partial charge in [-0.3, -0.25) is 9.59 Å². The topological polar surface area (TPSA) is 62.3 Å². The van der Waals surface area contributed by atoms with E-state index in [-0.39, 0.29) is 17.7 Å². The average molecular weight is 442 g/mol. The molecule has 5 nitrogen and oxygen atoms in total. The molecule has 0 spiro atoms. The number of piperidine rings is 1. The van der Waals surface area contributed by atoms with Gasteiger partial charge in [0.05, 0.1) is 5.69 Å². The van der Waals surface area contributed by atoms with Gasteiger partial charge < -0.3 is 10.2 Å². The molecule has 3 rings (SSSR count). The molecule has 6 heteroatoms. The molecule has 1 N–H and O–H groups in total. The Labute approximate surface area is 190 Å². The Hall–Kier alpha value is -2.21.